The lowest BCUT2D eigenvalue weighted by Gasteiger charge is -2.07. The molecule has 2 N–H and O–H groups in total. The minimum atomic E-state index is -1.05. The highest BCUT2D eigenvalue weighted by Gasteiger charge is 2.12. The first kappa shape index (κ1) is 16.5. The summed E-state index contributed by atoms with van der Waals surface area (Å²) in [5.74, 6) is -0.556. The topological polar surface area (TPSA) is 111 Å². The highest BCUT2D eigenvalue weighted by molar-refractivity contribution is 5.92. The van der Waals surface area contributed by atoms with Crippen molar-refractivity contribution in [2.24, 2.45) is 0 Å². The number of ether oxygens (including phenoxy) is 2. The molecule has 0 saturated carbocycles. The van der Waals surface area contributed by atoms with Crippen molar-refractivity contribution in [1.82, 2.24) is 10.5 Å². The van der Waals surface area contributed by atoms with Crippen LogP contribution in [0.5, 0.6) is 5.75 Å². The summed E-state index contributed by atoms with van der Waals surface area (Å²) < 4.78 is 14.9. The van der Waals surface area contributed by atoms with Crippen molar-refractivity contribution in [2.75, 3.05) is 13.7 Å². The molecular formula is C15H16N2O6. The molecule has 0 radical (unpaired) electrons. The standard InChI is InChI=1S/C15H16N2O6/c1-21-8-12-6-13(17-23-12)15(20)16-7-10-3-2-4-11(5-10)22-9-14(18)19/h2-6H,7-9H2,1H3,(H,16,20)(H,18,19). The number of hydrogen-bond donors (Lipinski definition) is 2. The minimum Gasteiger partial charge on any atom is -0.482 e. The van der Waals surface area contributed by atoms with E-state index in [2.05, 4.69) is 10.5 Å². The van der Waals surface area contributed by atoms with Gasteiger partial charge >= 0.3 is 5.97 Å². The zero-order chi connectivity index (χ0) is 16.7. The molecular weight excluding hydrogens is 304 g/mol. The number of carbonyl (C=O) groups is 2. The van der Waals surface area contributed by atoms with E-state index in [0.29, 0.717) is 11.5 Å². The number of aliphatic carboxylic acids is 1. The van der Waals surface area contributed by atoms with Gasteiger partial charge in [0.05, 0.1) is 0 Å². The third kappa shape index (κ3) is 5.11. The fraction of sp³-hybridized carbons (Fsp3) is 0.267. The number of amides is 1. The summed E-state index contributed by atoms with van der Waals surface area (Å²) in [5.41, 5.74) is 0.928. The zero-order valence-corrected chi connectivity index (χ0v) is 12.4. The Kier molecular flexibility index (Phi) is 5.70. The first-order valence-corrected chi connectivity index (χ1v) is 6.74. The first-order chi connectivity index (χ1) is 11.1. The number of carboxylic acid groups (broad SMARTS) is 1. The van der Waals surface area contributed by atoms with Crippen LogP contribution in [0.25, 0.3) is 0 Å². The molecule has 0 spiro atoms. The van der Waals surface area contributed by atoms with Crippen molar-refractivity contribution in [3.63, 3.8) is 0 Å². The summed E-state index contributed by atoms with van der Waals surface area (Å²) in [6, 6.07) is 8.30. The average Bonchev–Trinajstić information content (AvgIpc) is 3.00. The second kappa shape index (κ2) is 7.95. The maximum absolute atomic E-state index is 12.0. The van der Waals surface area contributed by atoms with Gasteiger partial charge < -0.3 is 24.4 Å². The highest BCUT2D eigenvalue weighted by atomic mass is 16.5. The van der Waals surface area contributed by atoms with Crippen LogP contribution in [-0.4, -0.2) is 35.9 Å². The van der Waals surface area contributed by atoms with Gasteiger partial charge in [0.1, 0.15) is 12.4 Å². The van der Waals surface area contributed by atoms with Gasteiger partial charge in [-0.05, 0) is 17.7 Å². The molecule has 23 heavy (non-hydrogen) atoms. The van der Waals surface area contributed by atoms with Crippen LogP contribution < -0.4 is 10.1 Å². The van der Waals surface area contributed by atoms with Crippen LogP contribution in [0.3, 0.4) is 0 Å². The van der Waals surface area contributed by atoms with E-state index in [-0.39, 0.29) is 24.8 Å². The van der Waals surface area contributed by atoms with Gasteiger partial charge in [-0.25, -0.2) is 4.79 Å². The molecule has 1 heterocycles. The SMILES string of the molecule is COCc1cc(C(=O)NCc2cccc(OCC(=O)O)c2)no1. The largest absolute Gasteiger partial charge is 0.482 e. The Hall–Kier alpha value is -2.87. The molecule has 0 fully saturated rings. The van der Waals surface area contributed by atoms with E-state index in [1.807, 2.05) is 0 Å². The van der Waals surface area contributed by atoms with E-state index >= 15 is 0 Å². The molecule has 1 aromatic heterocycles. The molecule has 1 aromatic carbocycles. The van der Waals surface area contributed by atoms with Crippen LogP contribution in [0.2, 0.25) is 0 Å². The molecule has 1 amide bonds. The molecule has 0 bridgehead atoms. The van der Waals surface area contributed by atoms with Crippen molar-refractivity contribution in [2.45, 2.75) is 13.2 Å². The van der Waals surface area contributed by atoms with Crippen molar-refractivity contribution in [3.8, 4) is 5.75 Å². The van der Waals surface area contributed by atoms with Crippen LogP contribution in [-0.2, 0) is 22.7 Å². The molecule has 0 unspecified atom stereocenters. The van der Waals surface area contributed by atoms with Gasteiger partial charge in [-0.3, -0.25) is 4.79 Å². The number of rotatable bonds is 8. The van der Waals surface area contributed by atoms with Crippen LogP contribution in [0.15, 0.2) is 34.9 Å². The Morgan fingerprint density at radius 1 is 1.35 bits per heavy atom. The van der Waals surface area contributed by atoms with Crippen LogP contribution >= 0.6 is 0 Å². The Morgan fingerprint density at radius 2 is 2.17 bits per heavy atom. The van der Waals surface area contributed by atoms with Crippen LogP contribution in [0.4, 0.5) is 0 Å². The van der Waals surface area contributed by atoms with Gasteiger partial charge in [-0.15, -0.1) is 0 Å². The van der Waals surface area contributed by atoms with Gasteiger partial charge in [0.25, 0.3) is 5.91 Å². The van der Waals surface area contributed by atoms with Gasteiger partial charge in [-0.2, -0.15) is 0 Å². The number of carbonyl (C=O) groups excluding carboxylic acids is 1. The van der Waals surface area contributed by atoms with Gasteiger partial charge in [-0.1, -0.05) is 17.3 Å². The fourth-order valence-electron chi connectivity index (χ4n) is 1.79. The van der Waals surface area contributed by atoms with Crippen LogP contribution in [0.1, 0.15) is 21.8 Å². The molecule has 0 aliphatic carbocycles. The minimum absolute atomic E-state index is 0.162. The summed E-state index contributed by atoms with van der Waals surface area (Å²) in [4.78, 5) is 22.4. The Morgan fingerprint density at radius 3 is 2.91 bits per heavy atom. The van der Waals surface area contributed by atoms with Gasteiger partial charge in [0, 0.05) is 19.7 Å². The molecule has 0 aliphatic heterocycles. The first-order valence-electron chi connectivity index (χ1n) is 6.74. The summed E-state index contributed by atoms with van der Waals surface area (Å²) in [7, 11) is 1.52. The second-order valence-electron chi connectivity index (χ2n) is 4.62. The predicted octanol–water partition coefficient (Wildman–Crippen LogP) is 1.21. The monoisotopic (exact) mass is 320 g/mol. The maximum Gasteiger partial charge on any atom is 0.341 e. The molecule has 122 valence electrons. The fourth-order valence-corrected chi connectivity index (χ4v) is 1.79. The van der Waals surface area contributed by atoms with Crippen molar-refractivity contribution >= 4 is 11.9 Å². The van der Waals surface area contributed by atoms with E-state index < -0.39 is 12.6 Å². The number of carboxylic acids is 1. The summed E-state index contributed by atoms with van der Waals surface area (Å²) in [6.45, 7) is 0.0653. The summed E-state index contributed by atoms with van der Waals surface area (Å²) in [6.07, 6.45) is 0. The van der Waals surface area contributed by atoms with Crippen molar-refractivity contribution in [1.29, 1.82) is 0 Å². The smallest absolute Gasteiger partial charge is 0.341 e. The molecule has 8 nitrogen and oxygen atoms in total. The number of nitrogens with one attached hydrogen (secondary N) is 1. The molecule has 0 atom stereocenters. The molecule has 8 heteroatoms. The van der Waals surface area contributed by atoms with Gasteiger partial charge in [0.2, 0.25) is 0 Å². The Bertz CT molecular complexity index is 682. The average molecular weight is 320 g/mol. The van der Waals surface area contributed by atoms with E-state index in [1.54, 1.807) is 24.3 Å². The third-order valence-electron chi connectivity index (χ3n) is 2.79. The van der Waals surface area contributed by atoms with Crippen molar-refractivity contribution in [3.05, 3.63) is 47.3 Å². The zero-order valence-electron chi connectivity index (χ0n) is 12.4. The number of methoxy groups -OCH3 is 1. The quantitative estimate of drug-likeness (QED) is 0.752. The van der Waals surface area contributed by atoms with Gasteiger partial charge in [0.15, 0.2) is 18.1 Å². The maximum atomic E-state index is 12.0. The lowest BCUT2D eigenvalue weighted by atomic mass is 10.2. The summed E-state index contributed by atoms with van der Waals surface area (Å²) in [5, 5.41) is 14.9. The Labute approximate surface area is 132 Å². The second-order valence-corrected chi connectivity index (χ2v) is 4.62. The Balaban J connectivity index is 1.90. The molecule has 0 aliphatic rings. The highest BCUT2D eigenvalue weighted by Crippen LogP contribution is 2.13. The predicted molar refractivity (Wildman–Crippen MR) is 78.0 cm³/mol. The molecule has 2 rings (SSSR count). The van der Waals surface area contributed by atoms with Crippen LogP contribution in [0, 0.1) is 0 Å². The number of aromatic nitrogens is 1. The number of hydrogen-bond acceptors (Lipinski definition) is 6. The van der Waals surface area contributed by atoms with E-state index in [4.69, 9.17) is 19.1 Å². The number of nitrogens with zero attached hydrogens (tertiary/aromatic N) is 1. The van der Waals surface area contributed by atoms with E-state index in [1.165, 1.54) is 13.2 Å². The van der Waals surface area contributed by atoms with E-state index in [0.717, 1.165) is 5.56 Å². The number of benzene rings is 1. The summed E-state index contributed by atoms with van der Waals surface area (Å²) >= 11 is 0. The third-order valence-corrected chi connectivity index (χ3v) is 2.79. The normalized spacial score (nSPS) is 10.3. The molecule has 2 aromatic rings. The van der Waals surface area contributed by atoms with E-state index in [9.17, 15) is 9.59 Å². The molecule has 0 saturated heterocycles. The lowest BCUT2D eigenvalue weighted by molar-refractivity contribution is -0.139. The van der Waals surface area contributed by atoms with Crippen molar-refractivity contribution < 1.29 is 28.7 Å². The lowest BCUT2D eigenvalue weighted by Crippen LogP contribution is -2.23.